The molecule has 3 rings (SSSR count). The van der Waals surface area contributed by atoms with Crippen molar-refractivity contribution in [3.05, 3.63) is 40.7 Å². The van der Waals surface area contributed by atoms with Crippen molar-refractivity contribution in [2.75, 3.05) is 5.73 Å². The average molecular weight is 291 g/mol. The standard InChI is InChI=1S/C11H9N5O3S/c12-7-4-8(17)14-11(13-7)20-5-9-15-10(16-19-9)6-2-1-3-18-6/h1-4H,5H2,(H3,12,13,14,17). The highest BCUT2D eigenvalue weighted by Crippen LogP contribution is 2.21. The molecule has 0 unspecified atom stereocenters. The Hall–Kier alpha value is -2.55. The van der Waals surface area contributed by atoms with Gasteiger partial charge in [-0.1, -0.05) is 16.9 Å². The first-order chi connectivity index (χ1) is 9.70. The van der Waals surface area contributed by atoms with Gasteiger partial charge in [-0.3, -0.25) is 4.79 Å². The van der Waals surface area contributed by atoms with Crippen LogP contribution in [0.5, 0.6) is 0 Å². The van der Waals surface area contributed by atoms with E-state index in [0.717, 1.165) is 0 Å². The van der Waals surface area contributed by atoms with Crippen LogP contribution in [0.15, 0.2) is 43.4 Å². The van der Waals surface area contributed by atoms with E-state index in [1.54, 1.807) is 12.1 Å². The van der Waals surface area contributed by atoms with Gasteiger partial charge >= 0.3 is 0 Å². The highest BCUT2D eigenvalue weighted by atomic mass is 32.2. The van der Waals surface area contributed by atoms with E-state index in [-0.39, 0.29) is 11.4 Å². The zero-order valence-corrected chi connectivity index (χ0v) is 10.9. The molecular weight excluding hydrogens is 282 g/mol. The Bertz CT molecular complexity index is 764. The number of nitrogens with two attached hydrogens (primary N) is 1. The molecule has 0 bridgehead atoms. The minimum absolute atomic E-state index is 0.165. The SMILES string of the molecule is Nc1cc(=O)[nH]c(SCc2nc(-c3ccco3)no2)n1. The predicted octanol–water partition coefficient (Wildman–Crippen LogP) is 1.29. The Kier molecular flexibility index (Phi) is 3.25. The number of hydrogen-bond donors (Lipinski definition) is 2. The first kappa shape index (κ1) is 12.5. The summed E-state index contributed by atoms with van der Waals surface area (Å²) in [5.41, 5.74) is 5.18. The van der Waals surface area contributed by atoms with Gasteiger partial charge in [0.25, 0.3) is 5.56 Å². The van der Waals surface area contributed by atoms with Crippen LogP contribution in [0.1, 0.15) is 5.89 Å². The third-order valence-electron chi connectivity index (χ3n) is 2.28. The molecule has 3 aromatic rings. The number of nitrogen functional groups attached to an aromatic ring is 1. The van der Waals surface area contributed by atoms with Crippen molar-refractivity contribution in [1.82, 2.24) is 20.1 Å². The number of furan rings is 1. The van der Waals surface area contributed by atoms with Crippen LogP contribution >= 0.6 is 11.8 Å². The van der Waals surface area contributed by atoms with Crippen LogP contribution in [0, 0.1) is 0 Å². The fourth-order valence-electron chi connectivity index (χ4n) is 1.47. The highest BCUT2D eigenvalue weighted by molar-refractivity contribution is 7.98. The van der Waals surface area contributed by atoms with E-state index in [1.807, 2.05) is 0 Å². The third-order valence-corrected chi connectivity index (χ3v) is 3.14. The Morgan fingerprint density at radius 3 is 3.05 bits per heavy atom. The number of thioether (sulfide) groups is 1. The summed E-state index contributed by atoms with van der Waals surface area (Å²) in [7, 11) is 0. The normalized spacial score (nSPS) is 10.8. The predicted molar refractivity (Wildman–Crippen MR) is 70.8 cm³/mol. The molecule has 0 saturated carbocycles. The fraction of sp³-hybridized carbons (Fsp3) is 0.0909. The summed E-state index contributed by atoms with van der Waals surface area (Å²) in [6.45, 7) is 0. The zero-order chi connectivity index (χ0) is 13.9. The van der Waals surface area contributed by atoms with Crippen molar-refractivity contribution in [3.63, 3.8) is 0 Å². The molecule has 0 aliphatic carbocycles. The second kappa shape index (κ2) is 5.21. The third kappa shape index (κ3) is 2.72. The second-order valence-electron chi connectivity index (χ2n) is 3.75. The first-order valence-corrected chi connectivity index (χ1v) is 6.55. The molecule has 0 aliphatic rings. The minimum Gasteiger partial charge on any atom is -0.461 e. The van der Waals surface area contributed by atoms with Crippen molar-refractivity contribution in [2.45, 2.75) is 10.9 Å². The summed E-state index contributed by atoms with van der Waals surface area (Å²) in [5.74, 6) is 1.82. The van der Waals surface area contributed by atoms with Crippen LogP contribution in [0.3, 0.4) is 0 Å². The van der Waals surface area contributed by atoms with Crippen LogP contribution < -0.4 is 11.3 Å². The molecule has 0 atom stereocenters. The van der Waals surface area contributed by atoms with E-state index in [4.69, 9.17) is 14.7 Å². The molecule has 20 heavy (non-hydrogen) atoms. The summed E-state index contributed by atoms with van der Waals surface area (Å²) in [4.78, 5) is 21.9. The van der Waals surface area contributed by atoms with Crippen molar-refractivity contribution >= 4 is 17.6 Å². The Balaban J connectivity index is 1.71. The second-order valence-corrected chi connectivity index (χ2v) is 4.72. The van der Waals surface area contributed by atoms with Crippen LogP contribution in [0.4, 0.5) is 5.82 Å². The van der Waals surface area contributed by atoms with Gasteiger partial charge in [-0.2, -0.15) is 4.98 Å². The summed E-state index contributed by atoms with van der Waals surface area (Å²) in [5, 5.41) is 4.19. The monoisotopic (exact) mass is 291 g/mol. The van der Waals surface area contributed by atoms with E-state index < -0.39 is 0 Å². The zero-order valence-electron chi connectivity index (χ0n) is 10.1. The molecular formula is C11H9N5O3S. The molecule has 3 aromatic heterocycles. The Labute approximate surface area is 116 Å². The maximum absolute atomic E-state index is 11.2. The molecule has 0 saturated heterocycles. The lowest BCUT2D eigenvalue weighted by Crippen LogP contribution is -2.09. The molecule has 0 radical (unpaired) electrons. The number of nitrogens with one attached hydrogen (secondary N) is 1. The maximum Gasteiger partial charge on any atom is 0.253 e. The van der Waals surface area contributed by atoms with Gasteiger partial charge in [-0.05, 0) is 12.1 Å². The number of aromatic amines is 1. The van der Waals surface area contributed by atoms with Crippen molar-refractivity contribution in [1.29, 1.82) is 0 Å². The molecule has 0 spiro atoms. The van der Waals surface area contributed by atoms with E-state index >= 15 is 0 Å². The molecule has 102 valence electrons. The molecule has 3 N–H and O–H groups in total. The van der Waals surface area contributed by atoms with E-state index in [2.05, 4.69) is 20.1 Å². The van der Waals surface area contributed by atoms with Crippen LogP contribution in [-0.2, 0) is 5.75 Å². The summed E-state index contributed by atoms with van der Waals surface area (Å²) >= 11 is 1.24. The van der Waals surface area contributed by atoms with Crippen LogP contribution in [-0.4, -0.2) is 20.1 Å². The largest absolute Gasteiger partial charge is 0.461 e. The van der Waals surface area contributed by atoms with Gasteiger partial charge in [0.1, 0.15) is 5.82 Å². The molecule has 3 heterocycles. The number of anilines is 1. The summed E-state index contributed by atoms with van der Waals surface area (Å²) in [6, 6.07) is 4.69. The maximum atomic E-state index is 11.2. The number of nitrogens with zero attached hydrogens (tertiary/aromatic N) is 3. The van der Waals surface area contributed by atoms with Crippen LogP contribution in [0.25, 0.3) is 11.6 Å². The molecule has 9 heteroatoms. The quantitative estimate of drug-likeness (QED) is 0.544. The van der Waals surface area contributed by atoms with Gasteiger partial charge < -0.3 is 19.7 Å². The minimum atomic E-state index is -0.304. The summed E-state index contributed by atoms with van der Waals surface area (Å²) < 4.78 is 10.2. The van der Waals surface area contributed by atoms with Crippen molar-refractivity contribution in [2.24, 2.45) is 0 Å². The number of aromatic nitrogens is 4. The van der Waals surface area contributed by atoms with Gasteiger partial charge in [-0.15, -0.1) is 0 Å². The molecule has 0 aliphatic heterocycles. The Morgan fingerprint density at radius 1 is 1.40 bits per heavy atom. The first-order valence-electron chi connectivity index (χ1n) is 5.57. The fourth-order valence-corrected chi connectivity index (χ4v) is 2.19. The van der Waals surface area contributed by atoms with Gasteiger partial charge in [0, 0.05) is 6.07 Å². The number of hydrogen-bond acceptors (Lipinski definition) is 8. The number of H-pyrrole nitrogens is 1. The highest BCUT2D eigenvalue weighted by Gasteiger charge is 2.11. The molecule has 8 nitrogen and oxygen atoms in total. The lowest BCUT2D eigenvalue weighted by Gasteiger charge is -1.97. The molecule has 0 aromatic carbocycles. The topological polar surface area (TPSA) is 124 Å². The lowest BCUT2D eigenvalue weighted by atomic mass is 10.4. The van der Waals surface area contributed by atoms with E-state index in [9.17, 15) is 4.79 Å². The van der Waals surface area contributed by atoms with Crippen molar-refractivity contribution in [3.8, 4) is 11.6 Å². The van der Waals surface area contributed by atoms with Crippen LogP contribution in [0.2, 0.25) is 0 Å². The van der Waals surface area contributed by atoms with Gasteiger partial charge in [-0.25, -0.2) is 4.98 Å². The lowest BCUT2D eigenvalue weighted by molar-refractivity contribution is 0.390. The molecule has 0 fully saturated rings. The molecule has 0 amide bonds. The number of rotatable bonds is 4. The Morgan fingerprint density at radius 2 is 2.30 bits per heavy atom. The average Bonchev–Trinajstić information content (AvgIpc) is 3.06. The van der Waals surface area contributed by atoms with Gasteiger partial charge in [0.15, 0.2) is 10.9 Å². The van der Waals surface area contributed by atoms with E-state index in [0.29, 0.717) is 28.4 Å². The van der Waals surface area contributed by atoms with Gasteiger partial charge in [0.05, 0.1) is 12.0 Å². The van der Waals surface area contributed by atoms with Crippen molar-refractivity contribution < 1.29 is 8.94 Å². The van der Waals surface area contributed by atoms with E-state index in [1.165, 1.54) is 24.1 Å². The van der Waals surface area contributed by atoms with Gasteiger partial charge in [0.2, 0.25) is 11.7 Å². The summed E-state index contributed by atoms with van der Waals surface area (Å²) in [6.07, 6.45) is 1.53. The smallest absolute Gasteiger partial charge is 0.253 e.